The van der Waals surface area contributed by atoms with E-state index in [-0.39, 0.29) is 60.9 Å². The van der Waals surface area contributed by atoms with Crippen molar-refractivity contribution in [2.45, 2.75) is 205 Å². The first kappa shape index (κ1) is 75.6. The van der Waals surface area contributed by atoms with Gasteiger partial charge in [-0.15, -0.1) is 0 Å². The van der Waals surface area contributed by atoms with Crippen LogP contribution in [0.15, 0.2) is 54.6 Å². The Balaban J connectivity index is 0.00000100. The quantitative estimate of drug-likeness (QED) is 0.0757. The van der Waals surface area contributed by atoms with E-state index in [9.17, 15) is 64.7 Å². The van der Waals surface area contributed by atoms with Gasteiger partial charge < -0.3 is 62.5 Å². The first-order chi connectivity index (χ1) is 43.2. The Morgan fingerprint density at radius 1 is 0.602 bits per heavy atom. The molecule has 8 amide bonds. The highest BCUT2D eigenvalue weighted by Gasteiger charge is 2.50. The summed E-state index contributed by atoms with van der Waals surface area (Å²) in [6.07, 6.45) is -3.89. The van der Waals surface area contributed by atoms with E-state index < -0.39 is 118 Å². The van der Waals surface area contributed by atoms with Crippen LogP contribution in [0, 0.1) is 10.8 Å². The number of hydrogen-bond donors (Lipinski definition) is 11. The van der Waals surface area contributed by atoms with Crippen LogP contribution in [0.3, 0.4) is 0 Å². The highest BCUT2D eigenvalue weighted by atomic mass is 19.4. The Bertz CT molecular complexity index is 3010. The summed E-state index contributed by atoms with van der Waals surface area (Å²) in [5.74, 6) is -9.24. The standard InChI is InChI=1S/C59H86N12O8.2C2HF3O2/c1-13-58(27-19-23-36-21-15-17-25-40(36)58)66-52(76)44-29-38(32-70(44)54(78)46(56(5,6)7)64-48(72)34(3)60-11)62-50(74)42-31-43(69-68-42)51(75)63-39-30-45(53(77)67-59(14-2)28-20-24-37-22-16-18-26-41(37)59)71(33-39)55(79)47(57(8,9)10)65-49(73)35(4)61-12;2*3-2(4,5)1(6)7/h15-18,21-22,25-26,31,34-35,38-39,44-47,60-61H,13-14,19-20,23-24,27-30,32-33H2,1-12H3,(H,62,74)(H,63,75)(H,64,72)(H,65,73)(H,66,76)(H,67,77)(H,68,69);2*(H,6,7)/t34-,35-,38-,39-,44-,45-,46+,47+,58?,59?;;/m0../s1. The summed E-state index contributed by atoms with van der Waals surface area (Å²) >= 11 is 0. The fourth-order valence-electron chi connectivity index (χ4n) is 12.0. The van der Waals surface area contributed by atoms with Crippen molar-refractivity contribution >= 4 is 59.2 Å². The van der Waals surface area contributed by atoms with E-state index in [4.69, 9.17) is 19.8 Å². The molecule has 2 aliphatic carbocycles. The van der Waals surface area contributed by atoms with Crippen LogP contribution in [0.25, 0.3) is 0 Å². The lowest BCUT2D eigenvalue weighted by Gasteiger charge is -2.41. The van der Waals surface area contributed by atoms with Crippen LogP contribution in [0.1, 0.15) is 164 Å². The Morgan fingerprint density at radius 3 is 1.29 bits per heavy atom. The van der Waals surface area contributed by atoms with E-state index in [1.165, 1.54) is 15.9 Å². The molecule has 0 spiro atoms. The monoisotopic (exact) mass is 1320 g/mol. The van der Waals surface area contributed by atoms with Gasteiger partial charge in [-0.1, -0.05) is 104 Å². The summed E-state index contributed by atoms with van der Waals surface area (Å²) in [7, 11) is 3.30. The minimum Gasteiger partial charge on any atom is -0.475 e. The molecular formula is C63H88F6N12O12. The molecule has 0 bridgehead atoms. The summed E-state index contributed by atoms with van der Waals surface area (Å²) in [5, 5.41) is 45.5. The molecule has 11 N–H and O–H groups in total. The number of aryl methyl sites for hydroxylation is 2. The first-order valence-corrected chi connectivity index (χ1v) is 30.8. The van der Waals surface area contributed by atoms with E-state index in [2.05, 4.69) is 64.9 Å². The van der Waals surface area contributed by atoms with Gasteiger partial charge in [0.2, 0.25) is 35.4 Å². The lowest BCUT2D eigenvalue weighted by atomic mass is 9.74. The number of aliphatic carboxylic acids is 2. The normalized spacial score (nSPS) is 22.4. The SMILES string of the molecule is CCC1(NC(=O)[C@@H]2C[C@H](NC(=O)c3cc(C(=O)N[C@H]4C[C@@H](C(=O)NC5(CC)CCCc6ccccc65)N(C(=O)[C@@H](NC(=O)[C@H](C)NC)C(C)(C)C)C4)[nH]n3)CN2C(=O)[C@@H](NC(=O)[C@H](C)NC)C(C)(C)C)CCCc2ccccc21.O=C(O)C(F)(F)F.O=C(O)C(F)(F)F. The molecular weight excluding hydrogens is 1230 g/mol. The molecule has 3 aromatic rings. The fourth-order valence-corrected chi connectivity index (χ4v) is 12.0. The maximum Gasteiger partial charge on any atom is 0.490 e. The second-order valence-corrected chi connectivity index (χ2v) is 26.1. The number of benzene rings is 2. The van der Waals surface area contributed by atoms with Gasteiger partial charge in [-0.3, -0.25) is 43.5 Å². The predicted octanol–water partition coefficient (Wildman–Crippen LogP) is 4.87. The fraction of sp³-hybridized carbons (Fsp3) is 0.603. The first-order valence-electron chi connectivity index (χ1n) is 30.8. The van der Waals surface area contributed by atoms with Gasteiger partial charge in [-0.25, -0.2) is 9.59 Å². The number of carbonyl (C=O) groups is 10. The zero-order chi connectivity index (χ0) is 69.9. The number of likely N-dealkylation sites (N-methyl/N-ethyl adjacent to an activating group) is 2. The van der Waals surface area contributed by atoms with Gasteiger partial charge in [0.15, 0.2) is 5.69 Å². The van der Waals surface area contributed by atoms with Crippen LogP contribution in [0.2, 0.25) is 0 Å². The highest BCUT2D eigenvalue weighted by molar-refractivity contribution is 5.99. The van der Waals surface area contributed by atoms with Crippen molar-refractivity contribution in [1.82, 2.24) is 62.5 Å². The molecule has 30 heteroatoms. The molecule has 4 aliphatic rings. The average molecular weight is 1320 g/mol. The Hall–Kier alpha value is -8.15. The number of carboxylic acids is 2. The molecule has 0 radical (unpaired) electrons. The molecule has 514 valence electrons. The second kappa shape index (κ2) is 30.7. The zero-order valence-corrected chi connectivity index (χ0v) is 54.4. The molecule has 2 saturated heterocycles. The smallest absolute Gasteiger partial charge is 0.475 e. The molecule has 1 aromatic heterocycles. The number of carboxylic acid groups (broad SMARTS) is 2. The third-order valence-corrected chi connectivity index (χ3v) is 17.5. The van der Waals surface area contributed by atoms with E-state index in [1.807, 2.05) is 91.8 Å². The number of aromatic amines is 1. The van der Waals surface area contributed by atoms with Crippen LogP contribution in [0.5, 0.6) is 0 Å². The number of nitrogens with one attached hydrogen (secondary N) is 9. The van der Waals surface area contributed by atoms with Crippen LogP contribution in [0.4, 0.5) is 26.3 Å². The maximum atomic E-state index is 14.8. The molecule has 2 fully saturated rings. The van der Waals surface area contributed by atoms with E-state index in [0.717, 1.165) is 47.9 Å². The van der Waals surface area contributed by atoms with Crippen molar-refractivity contribution in [3.63, 3.8) is 0 Å². The number of alkyl halides is 6. The number of nitrogens with zero attached hydrogens (tertiary/aromatic N) is 3. The molecule has 3 heterocycles. The number of H-pyrrole nitrogens is 1. The third-order valence-electron chi connectivity index (χ3n) is 17.5. The third kappa shape index (κ3) is 18.8. The highest BCUT2D eigenvalue weighted by Crippen LogP contribution is 2.41. The number of carbonyl (C=O) groups excluding carboxylic acids is 8. The number of halogens is 6. The Morgan fingerprint density at radius 2 is 0.957 bits per heavy atom. The van der Waals surface area contributed by atoms with Gasteiger partial charge in [0.05, 0.1) is 23.2 Å². The van der Waals surface area contributed by atoms with E-state index in [1.54, 1.807) is 27.9 Å². The molecule has 2 aliphatic heterocycles. The Kier molecular flexibility index (Phi) is 25.0. The lowest BCUT2D eigenvalue weighted by Crippen LogP contribution is -2.60. The zero-order valence-electron chi connectivity index (χ0n) is 54.4. The van der Waals surface area contributed by atoms with Gasteiger partial charge in [-0.05, 0) is 125 Å². The summed E-state index contributed by atoms with van der Waals surface area (Å²) in [6.45, 7) is 18.4. The lowest BCUT2D eigenvalue weighted by molar-refractivity contribution is -0.193. The van der Waals surface area contributed by atoms with E-state index >= 15 is 0 Å². The molecule has 2 unspecified atom stereocenters. The number of likely N-dealkylation sites (tertiary alicyclic amines) is 2. The summed E-state index contributed by atoms with van der Waals surface area (Å²) < 4.78 is 63.5. The number of aromatic nitrogens is 2. The van der Waals surface area contributed by atoms with Gasteiger partial charge in [0.1, 0.15) is 29.9 Å². The number of fused-ring (bicyclic) bond motifs is 2. The summed E-state index contributed by atoms with van der Waals surface area (Å²) in [4.78, 5) is 135. The van der Waals surface area contributed by atoms with Crippen LogP contribution in [-0.2, 0) is 62.3 Å². The van der Waals surface area contributed by atoms with Crippen molar-refractivity contribution in [3.05, 3.63) is 88.2 Å². The van der Waals surface area contributed by atoms with Crippen molar-refractivity contribution < 1.29 is 84.5 Å². The van der Waals surface area contributed by atoms with Gasteiger partial charge in [-0.2, -0.15) is 31.4 Å². The topological polar surface area (TPSA) is 343 Å². The van der Waals surface area contributed by atoms with Crippen molar-refractivity contribution in [1.29, 1.82) is 0 Å². The molecule has 2 aromatic carbocycles. The molecule has 93 heavy (non-hydrogen) atoms. The van der Waals surface area contributed by atoms with Crippen molar-refractivity contribution in [2.75, 3.05) is 27.2 Å². The summed E-state index contributed by atoms with van der Waals surface area (Å²) in [5.41, 5.74) is 1.34. The van der Waals surface area contributed by atoms with Crippen molar-refractivity contribution in [2.24, 2.45) is 10.8 Å². The molecule has 7 rings (SSSR count). The second-order valence-electron chi connectivity index (χ2n) is 26.1. The largest absolute Gasteiger partial charge is 0.490 e. The maximum absolute atomic E-state index is 14.8. The minimum atomic E-state index is -5.08. The van der Waals surface area contributed by atoms with Gasteiger partial charge in [0.25, 0.3) is 11.8 Å². The molecule has 24 nitrogen and oxygen atoms in total. The van der Waals surface area contributed by atoms with E-state index in [0.29, 0.717) is 25.7 Å². The molecule has 10 atom stereocenters. The molecule has 0 saturated carbocycles. The number of amides is 8. The predicted molar refractivity (Wildman–Crippen MR) is 328 cm³/mol. The number of hydrogen-bond acceptors (Lipinski definition) is 13. The van der Waals surface area contributed by atoms with Crippen molar-refractivity contribution in [3.8, 4) is 0 Å². The minimum absolute atomic E-state index is 0.0459. The van der Waals surface area contributed by atoms with Gasteiger partial charge in [0, 0.05) is 31.2 Å². The number of rotatable bonds is 18. The Labute approximate surface area is 536 Å². The van der Waals surface area contributed by atoms with Gasteiger partial charge >= 0.3 is 24.3 Å². The summed E-state index contributed by atoms with van der Waals surface area (Å²) in [6, 6.07) is 10.7. The van der Waals surface area contributed by atoms with Crippen LogP contribution >= 0.6 is 0 Å². The average Bonchev–Trinajstić information content (AvgIpc) is 1.73. The van der Waals surface area contributed by atoms with Crippen LogP contribution in [-0.4, -0.2) is 177 Å². The van der Waals surface area contributed by atoms with Crippen LogP contribution < -0.4 is 42.5 Å².